The van der Waals surface area contributed by atoms with Gasteiger partial charge in [-0.2, -0.15) is 5.10 Å². The second kappa shape index (κ2) is 10.9. The lowest BCUT2D eigenvalue weighted by atomic mass is 9.73. The molecule has 0 aromatic heterocycles. The highest BCUT2D eigenvalue weighted by molar-refractivity contribution is 6.34. The number of halogens is 2. The summed E-state index contributed by atoms with van der Waals surface area (Å²) in [7, 11) is 1.63. The van der Waals surface area contributed by atoms with Crippen LogP contribution < -0.4 is 15.8 Å². The first-order valence-corrected chi connectivity index (χ1v) is 13.0. The Balaban J connectivity index is 1.59. The summed E-state index contributed by atoms with van der Waals surface area (Å²) in [5, 5.41) is 9.32. The lowest BCUT2D eigenvalue weighted by Gasteiger charge is -2.40. The van der Waals surface area contributed by atoms with Gasteiger partial charge in [0.05, 0.1) is 11.3 Å². The van der Waals surface area contributed by atoms with Crippen molar-refractivity contribution < 1.29 is 19.1 Å². The van der Waals surface area contributed by atoms with Crippen LogP contribution >= 0.6 is 23.2 Å². The number of piperidine rings is 1. The Labute approximate surface area is 231 Å². The highest BCUT2D eigenvalue weighted by atomic mass is 35.5. The van der Waals surface area contributed by atoms with Gasteiger partial charge < -0.3 is 20.7 Å². The number of hydrogen-bond acceptors (Lipinski definition) is 6. The molecule has 2 aliphatic rings. The smallest absolute Gasteiger partial charge is 0.256 e. The molecular formula is C27H31Cl2N5O4. The van der Waals surface area contributed by atoms with Crippen LogP contribution in [0, 0.1) is 5.41 Å². The van der Waals surface area contributed by atoms with E-state index in [0.29, 0.717) is 35.2 Å². The van der Waals surface area contributed by atoms with Gasteiger partial charge in [-0.3, -0.25) is 14.4 Å². The summed E-state index contributed by atoms with van der Waals surface area (Å²) in [4.78, 5) is 41.7. The van der Waals surface area contributed by atoms with Crippen molar-refractivity contribution in [2.24, 2.45) is 16.3 Å². The average Bonchev–Trinajstić information content (AvgIpc) is 3.09. The summed E-state index contributed by atoms with van der Waals surface area (Å²) < 4.78 is 5.83. The molecule has 38 heavy (non-hydrogen) atoms. The minimum atomic E-state index is -1.22. The molecule has 1 unspecified atom stereocenters. The quantitative estimate of drug-likeness (QED) is 0.515. The number of hydrogen-bond donors (Lipinski definition) is 2. The van der Waals surface area contributed by atoms with Gasteiger partial charge in [0.1, 0.15) is 23.8 Å². The molecule has 2 heterocycles. The van der Waals surface area contributed by atoms with Crippen molar-refractivity contribution in [1.82, 2.24) is 15.2 Å². The normalized spacial score (nSPS) is 20.1. The molecular weight excluding hydrogens is 529 g/mol. The maximum atomic E-state index is 13.9. The van der Waals surface area contributed by atoms with Crippen molar-refractivity contribution in [1.29, 1.82) is 0 Å². The van der Waals surface area contributed by atoms with Crippen LogP contribution in [0.15, 0.2) is 53.6 Å². The molecule has 2 aliphatic heterocycles. The van der Waals surface area contributed by atoms with Crippen LogP contribution in [0.4, 0.5) is 0 Å². The number of amides is 3. The lowest BCUT2D eigenvalue weighted by molar-refractivity contribution is -0.143. The number of nitrogens with one attached hydrogen (secondary N) is 1. The second-order valence-corrected chi connectivity index (χ2v) is 11.2. The molecule has 3 amide bonds. The number of carbonyl (C=O) groups is 3. The summed E-state index contributed by atoms with van der Waals surface area (Å²) in [6, 6.07) is 13.3. The van der Waals surface area contributed by atoms with Gasteiger partial charge in [0.15, 0.2) is 0 Å². The third-order valence-corrected chi connectivity index (χ3v) is 7.14. The zero-order valence-corrected chi connectivity index (χ0v) is 23.1. The van der Waals surface area contributed by atoms with E-state index in [9.17, 15) is 14.4 Å². The Morgan fingerprint density at radius 2 is 1.84 bits per heavy atom. The summed E-state index contributed by atoms with van der Waals surface area (Å²) in [6.07, 6.45) is 0.840. The van der Waals surface area contributed by atoms with Gasteiger partial charge in [-0.15, -0.1) is 0 Å². The molecule has 2 aromatic rings. The van der Waals surface area contributed by atoms with Crippen molar-refractivity contribution in [2.45, 2.75) is 38.3 Å². The van der Waals surface area contributed by atoms with Crippen molar-refractivity contribution in [3.8, 4) is 5.75 Å². The molecule has 0 radical (unpaired) electrons. The molecule has 0 saturated carbocycles. The average molecular weight is 560 g/mol. The monoisotopic (exact) mass is 559 g/mol. The van der Waals surface area contributed by atoms with Crippen LogP contribution in [-0.4, -0.2) is 71.7 Å². The molecule has 2 aromatic carbocycles. The third kappa shape index (κ3) is 5.95. The van der Waals surface area contributed by atoms with Gasteiger partial charge in [-0.1, -0.05) is 53.5 Å². The first-order valence-electron chi connectivity index (χ1n) is 12.3. The number of carbonyl (C=O) groups excluding carboxylic acids is 3. The van der Waals surface area contributed by atoms with Crippen molar-refractivity contribution >= 4 is 46.6 Å². The number of ether oxygens (including phenoxy) is 1. The molecule has 2 atom stereocenters. The Bertz CT molecular complexity index is 1240. The van der Waals surface area contributed by atoms with Crippen molar-refractivity contribution in [3.63, 3.8) is 0 Å². The fraction of sp³-hybridized carbons (Fsp3) is 0.407. The first-order chi connectivity index (χ1) is 17.9. The van der Waals surface area contributed by atoms with Gasteiger partial charge in [0.2, 0.25) is 11.8 Å². The van der Waals surface area contributed by atoms with E-state index >= 15 is 0 Å². The summed E-state index contributed by atoms with van der Waals surface area (Å²) in [6.45, 7) is 3.38. The lowest BCUT2D eigenvalue weighted by Crippen LogP contribution is -2.62. The number of hydrazone groups is 1. The fourth-order valence-corrected chi connectivity index (χ4v) is 5.25. The number of nitrogens with zero attached hydrogens (tertiary/aromatic N) is 3. The molecule has 11 heteroatoms. The molecule has 3 N–H and O–H groups in total. The number of benzene rings is 2. The van der Waals surface area contributed by atoms with Gasteiger partial charge in [0.25, 0.3) is 5.91 Å². The Morgan fingerprint density at radius 3 is 2.47 bits per heavy atom. The third-order valence-electron chi connectivity index (χ3n) is 6.71. The van der Waals surface area contributed by atoms with E-state index in [1.807, 2.05) is 30.3 Å². The summed E-state index contributed by atoms with van der Waals surface area (Å²) in [5.41, 5.74) is 5.50. The van der Waals surface area contributed by atoms with Crippen LogP contribution in [0.3, 0.4) is 0 Å². The van der Waals surface area contributed by atoms with Gasteiger partial charge in [-0.05, 0) is 44.0 Å². The summed E-state index contributed by atoms with van der Waals surface area (Å²) >= 11 is 12.2. The maximum absolute atomic E-state index is 13.9. The Kier molecular flexibility index (Phi) is 8.01. The summed E-state index contributed by atoms with van der Waals surface area (Å²) in [5.74, 6) is -0.715. The molecule has 1 saturated heterocycles. The Hall–Kier alpha value is -3.14. The molecule has 0 aliphatic carbocycles. The standard InChI is InChI=1S/C27H31Cl2N5O4/c1-26(2,30)24(36)31-21(15-38-20-12-18(28)11-19(29)13-20)23(35)34-10-9-22-27(16-34,25(37)33(3)32-22)14-17-7-5-4-6-8-17/h4-8,11-13,21H,9-10,14-16,30H2,1-3H3,(H,31,36)/t21?,27-/m1/s1. The number of rotatable bonds is 8. The van der Waals surface area contributed by atoms with Crippen LogP contribution in [0.25, 0.3) is 0 Å². The number of fused-ring (bicyclic) bond motifs is 1. The number of likely N-dealkylation sites (tertiary alicyclic amines) is 1. The van der Waals surface area contributed by atoms with Crippen molar-refractivity contribution in [2.75, 3.05) is 26.7 Å². The predicted octanol–water partition coefficient (Wildman–Crippen LogP) is 2.88. The first kappa shape index (κ1) is 27.9. The zero-order valence-electron chi connectivity index (χ0n) is 21.5. The van der Waals surface area contributed by atoms with Gasteiger partial charge in [-0.25, -0.2) is 5.01 Å². The van der Waals surface area contributed by atoms with Crippen LogP contribution in [-0.2, 0) is 20.8 Å². The minimum absolute atomic E-state index is 0.129. The Morgan fingerprint density at radius 1 is 1.18 bits per heavy atom. The zero-order chi connectivity index (χ0) is 27.7. The van der Waals surface area contributed by atoms with E-state index in [4.69, 9.17) is 33.7 Å². The minimum Gasteiger partial charge on any atom is -0.491 e. The molecule has 202 valence electrons. The van der Waals surface area contributed by atoms with E-state index in [-0.39, 0.29) is 25.0 Å². The fourth-order valence-electron chi connectivity index (χ4n) is 4.75. The van der Waals surface area contributed by atoms with E-state index in [1.54, 1.807) is 44.0 Å². The molecule has 1 fully saturated rings. The number of nitrogens with two attached hydrogens (primary N) is 1. The molecule has 4 rings (SSSR count). The van der Waals surface area contributed by atoms with Crippen LogP contribution in [0.5, 0.6) is 5.75 Å². The van der Waals surface area contributed by atoms with E-state index in [2.05, 4.69) is 10.4 Å². The molecule has 0 bridgehead atoms. The highest BCUT2D eigenvalue weighted by Crippen LogP contribution is 2.38. The maximum Gasteiger partial charge on any atom is 0.256 e. The molecule has 9 nitrogen and oxygen atoms in total. The van der Waals surface area contributed by atoms with E-state index < -0.39 is 22.9 Å². The van der Waals surface area contributed by atoms with Crippen LogP contribution in [0.1, 0.15) is 25.8 Å². The van der Waals surface area contributed by atoms with Gasteiger partial charge in [0, 0.05) is 36.6 Å². The van der Waals surface area contributed by atoms with E-state index in [1.165, 1.54) is 5.01 Å². The van der Waals surface area contributed by atoms with E-state index in [0.717, 1.165) is 11.3 Å². The van der Waals surface area contributed by atoms with Gasteiger partial charge >= 0.3 is 0 Å². The predicted molar refractivity (Wildman–Crippen MR) is 146 cm³/mol. The topological polar surface area (TPSA) is 117 Å². The van der Waals surface area contributed by atoms with Crippen LogP contribution in [0.2, 0.25) is 10.0 Å². The second-order valence-electron chi connectivity index (χ2n) is 10.3. The van der Waals surface area contributed by atoms with Crippen molar-refractivity contribution in [3.05, 3.63) is 64.1 Å². The largest absolute Gasteiger partial charge is 0.491 e. The SMILES string of the molecule is CN1N=C2CCN(C(=O)C(COc3cc(Cl)cc(Cl)c3)NC(=O)C(C)(C)N)C[C@@]2(Cc2ccccc2)C1=O. The molecule has 0 spiro atoms. The highest BCUT2D eigenvalue weighted by Gasteiger charge is 2.54.